The van der Waals surface area contributed by atoms with Crippen molar-refractivity contribution in [2.45, 2.75) is 200 Å². The van der Waals surface area contributed by atoms with Gasteiger partial charge in [-0.05, 0) is 103 Å². The molecule has 0 saturated heterocycles. The molecule has 0 aliphatic carbocycles. The Labute approximate surface area is 448 Å². The maximum Gasteiger partial charge on any atom is 0.472 e. The summed E-state index contributed by atoms with van der Waals surface area (Å²) in [7, 11) is -4.80. The van der Waals surface area contributed by atoms with Crippen LogP contribution in [0.1, 0.15) is 188 Å². The van der Waals surface area contributed by atoms with Crippen LogP contribution >= 0.6 is 7.82 Å². The zero-order valence-corrected chi connectivity index (χ0v) is 46.6. The predicted octanol–water partition coefficient (Wildman–Crippen LogP) is 16.4. The first-order valence-electron chi connectivity index (χ1n) is 27.7. The van der Waals surface area contributed by atoms with Gasteiger partial charge in [-0.1, -0.05) is 212 Å². The fraction of sp³-hybridized carbons (Fsp3) is 0.565. The Balaban J connectivity index is 4.95. The molecule has 416 valence electrons. The van der Waals surface area contributed by atoms with Crippen molar-refractivity contribution in [2.75, 3.05) is 26.4 Å². The van der Waals surface area contributed by atoms with Gasteiger partial charge in [0.1, 0.15) is 12.7 Å². The zero-order chi connectivity index (χ0) is 54.1. The Bertz CT molecular complexity index is 1800. The van der Waals surface area contributed by atoms with Crippen molar-refractivity contribution in [1.29, 1.82) is 0 Å². The molecule has 0 amide bonds. The molecule has 0 radical (unpaired) electrons. The molecule has 0 fully saturated rings. The van der Waals surface area contributed by atoms with Gasteiger partial charge in [-0.25, -0.2) is 4.57 Å². The number of rotatable bonds is 49. The van der Waals surface area contributed by atoms with E-state index in [1.807, 2.05) is 30.4 Å². The largest absolute Gasteiger partial charge is 0.472 e. The third-order valence-corrected chi connectivity index (χ3v) is 11.7. The quantitative estimate of drug-likeness (QED) is 0.0197. The number of phosphoric acid groups is 1. The number of ether oxygens (including phenoxy) is 3. The highest BCUT2D eigenvalue weighted by Crippen LogP contribution is 2.43. The zero-order valence-electron chi connectivity index (χ0n) is 45.7. The van der Waals surface area contributed by atoms with Crippen LogP contribution in [0.25, 0.3) is 0 Å². The van der Waals surface area contributed by atoms with Crippen molar-refractivity contribution in [3.63, 3.8) is 0 Å². The van der Waals surface area contributed by atoms with Gasteiger partial charge in [0.25, 0.3) is 0 Å². The van der Waals surface area contributed by atoms with E-state index >= 15 is 0 Å². The van der Waals surface area contributed by atoms with Gasteiger partial charge in [0, 0.05) is 6.42 Å². The Morgan fingerprint density at radius 1 is 0.405 bits per heavy atom. The summed E-state index contributed by atoms with van der Waals surface area (Å²) in [6.45, 7) is 4.13. The molecule has 0 heterocycles. The lowest BCUT2D eigenvalue weighted by Crippen LogP contribution is -2.30. The van der Waals surface area contributed by atoms with Crippen LogP contribution in [0.2, 0.25) is 0 Å². The second kappa shape index (κ2) is 54.6. The van der Waals surface area contributed by atoms with E-state index in [1.54, 1.807) is 12.2 Å². The molecule has 0 aromatic rings. The van der Waals surface area contributed by atoms with E-state index in [4.69, 9.17) is 23.3 Å². The number of carbonyl (C=O) groups is 3. The highest BCUT2D eigenvalue weighted by molar-refractivity contribution is 7.47. The molecule has 0 rings (SSSR count). The number of carbonyl (C=O) groups excluding carboxylic acids is 3. The molecule has 12 heteroatoms. The minimum Gasteiger partial charge on any atom is -0.461 e. The normalized spacial score (nSPS) is 14.5. The summed E-state index contributed by atoms with van der Waals surface area (Å²) in [5, 5.41) is 9.78. The first-order valence-corrected chi connectivity index (χ1v) is 29.2. The summed E-state index contributed by atoms with van der Waals surface area (Å²) >= 11 is 0. The molecule has 0 saturated carbocycles. The molecule has 0 aliphatic heterocycles. The summed E-state index contributed by atoms with van der Waals surface area (Å²) in [4.78, 5) is 48.4. The van der Waals surface area contributed by atoms with Crippen LogP contribution in [0.3, 0.4) is 0 Å². The number of unbranched alkanes of at least 4 members (excludes halogenated alkanes) is 10. The van der Waals surface area contributed by atoms with Gasteiger partial charge in [-0.15, -0.1) is 0 Å². The standard InChI is InChI=1S/C62H97O11P/c1-4-7-10-13-16-19-22-25-28-29-32-35-38-41-44-47-50-53-62(66)73-59(55-69-60(64)51-48-45-42-39-36-33-30-26-23-20-17-14-11-8-5-2)57-71-74(67,68)70-56-58(54-63)72-61(65)52-49-46-43-40-37-34-31-27-24-21-18-15-12-9-6-3/h8-9,11-12,16-21,25-28,30-31,36-37,39-40,45-46,48-49,58-59,63H,4-7,10,13-15,22-24,29,32-35,38,41-44,47,50-57H2,1-3H3,(H,67,68)/b11-8-,12-9-,19-16-,20-17-,21-18-,28-25-,30-26-,31-27-,39-36-,40-37-,48-45-,49-46-. The Hall–Kier alpha value is -4.64. The van der Waals surface area contributed by atoms with Crippen molar-refractivity contribution in [2.24, 2.45) is 0 Å². The number of aliphatic hydroxyl groups is 1. The fourth-order valence-corrected chi connectivity index (χ4v) is 7.43. The first-order chi connectivity index (χ1) is 36.2. The Kier molecular flexibility index (Phi) is 51.2. The maximum absolute atomic E-state index is 12.9. The van der Waals surface area contributed by atoms with Crippen LogP contribution in [0.15, 0.2) is 146 Å². The lowest BCUT2D eigenvalue weighted by Gasteiger charge is -2.21. The van der Waals surface area contributed by atoms with Gasteiger partial charge >= 0.3 is 25.7 Å². The summed E-state index contributed by atoms with van der Waals surface area (Å²) in [6, 6.07) is 0. The van der Waals surface area contributed by atoms with E-state index in [-0.39, 0.29) is 19.3 Å². The van der Waals surface area contributed by atoms with Crippen molar-refractivity contribution in [1.82, 2.24) is 0 Å². The van der Waals surface area contributed by atoms with Crippen LogP contribution in [0.5, 0.6) is 0 Å². The first kappa shape index (κ1) is 69.4. The van der Waals surface area contributed by atoms with Gasteiger partial charge in [0.15, 0.2) is 6.10 Å². The van der Waals surface area contributed by atoms with E-state index in [9.17, 15) is 28.9 Å². The lowest BCUT2D eigenvalue weighted by molar-refractivity contribution is -0.161. The monoisotopic (exact) mass is 1050 g/mol. The molecule has 74 heavy (non-hydrogen) atoms. The maximum atomic E-state index is 12.9. The van der Waals surface area contributed by atoms with Crippen molar-refractivity contribution in [3.05, 3.63) is 146 Å². The minimum absolute atomic E-state index is 0.0213. The number of allylic oxidation sites excluding steroid dienone is 22. The predicted molar refractivity (Wildman–Crippen MR) is 306 cm³/mol. The van der Waals surface area contributed by atoms with E-state index in [0.29, 0.717) is 19.3 Å². The van der Waals surface area contributed by atoms with E-state index in [2.05, 4.69) is 124 Å². The third kappa shape index (κ3) is 52.2. The molecule has 11 nitrogen and oxygen atoms in total. The Morgan fingerprint density at radius 3 is 1.19 bits per heavy atom. The number of hydrogen-bond donors (Lipinski definition) is 2. The highest BCUT2D eigenvalue weighted by Gasteiger charge is 2.28. The van der Waals surface area contributed by atoms with Gasteiger partial charge in [-0.2, -0.15) is 0 Å². The molecule has 0 aliphatic rings. The second-order valence-electron chi connectivity index (χ2n) is 17.7. The number of aliphatic hydroxyl groups excluding tert-OH is 1. The average molecular weight is 1050 g/mol. The second-order valence-corrected chi connectivity index (χ2v) is 19.1. The lowest BCUT2D eigenvalue weighted by atomic mass is 10.1. The fourth-order valence-electron chi connectivity index (χ4n) is 6.65. The summed E-state index contributed by atoms with van der Waals surface area (Å²) in [5.74, 6) is -1.78. The van der Waals surface area contributed by atoms with Gasteiger partial charge in [0.2, 0.25) is 0 Å². The molecule has 0 bridgehead atoms. The molecule has 2 N–H and O–H groups in total. The van der Waals surface area contributed by atoms with Crippen LogP contribution in [-0.4, -0.2) is 66.5 Å². The minimum atomic E-state index is -4.80. The highest BCUT2D eigenvalue weighted by atomic mass is 31.2. The van der Waals surface area contributed by atoms with Crippen molar-refractivity contribution < 1.29 is 52.2 Å². The summed E-state index contributed by atoms with van der Waals surface area (Å²) < 4.78 is 39.2. The molecular formula is C62H97O11P. The van der Waals surface area contributed by atoms with E-state index in [1.165, 1.54) is 25.7 Å². The number of esters is 3. The smallest absolute Gasteiger partial charge is 0.461 e. The number of hydrogen-bond acceptors (Lipinski definition) is 10. The molecule has 0 spiro atoms. The molecule has 3 atom stereocenters. The SMILES string of the molecule is CC/C=C\C/C=C\C/C=C\C/C=C\C/C=C\CC(=O)OCC(COP(=O)(O)OCC(CO)OC(=O)C/C=C\C/C=C\C/C=C\C/C=C\C/C=C\CC)OC(=O)CCCCCCCCC/C=C\C/C=C\CCCCC. The van der Waals surface area contributed by atoms with Crippen LogP contribution in [0, 0.1) is 0 Å². The molecular weight excluding hydrogens is 952 g/mol. The van der Waals surface area contributed by atoms with Gasteiger partial charge < -0.3 is 24.2 Å². The van der Waals surface area contributed by atoms with Crippen LogP contribution < -0.4 is 0 Å². The van der Waals surface area contributed by atoms with Gasteiger partial charge in [-0.3, -0.25) is 23.4 Å². The topological polar surface area (TPSA) is 155 Å². The van der Waals surface area contributed by atoms with E-state index in [0.717, 1.165) is 103 Å². The summed E-state index contributed by atoms with van der Waals surface area (Å²) in [6.07, 6.45) is 70.1. The van der Waals surface area contributed by atoms with Crippen LogP contribution in [0.4, 0.5) is 0 Å². The van der Waals surface area contributed by atoms with Gasteiger partial charge in [0.05, 0.1) is 32.7 Å². The molecule has 0 aromatic heterocycles. The summed E-state index contributed by atoms with van der Waals surface area (Å²) in [5.41, 5.74) is 0. The molecule has 3 unspecified atom stereocenters. The number of phosphoric ester groups is 1. The van der Waals surface area contributed by atoms with Crippen LogP contribution in [-0.2, 0) is 42.2 Å². The Morgan fingerprint density at radius 2 is 0.757 bits per heavy atom. The molecule has 0 aromatic carbocycles. The average Bonchev–Trinajstić information content (AvgIpc) is 3.39. The van der Waals surface area contributed by atoms with E-state index < -0.39 is 64.4 Å². The third-order valence-electron chi connectivity index (χ3n) is 10.8. The van der Waals surface area contributed by atoms with Crippen molar-refractivity contribution in [3.8, 4) is 0 Å². The van der Waals surface area contributed by atoms with Crippen molar-refractivity contribution >= 4 is 25.7 Å².